The molecular weight excluding hydrogens is 252 g/mol. The first-order valence-corrected chi connectivity index (χ1v) is 7.30. The van der Waals surface area contributed by atoms with Crippen LogP contribution in [0.1, 0.15) is 43.2 Å². The lowest BCUT2D eigenvalue weighted by Gasteiger charge is -2.35. The number of pyridine rings is 1. The number of amides is 1. The molecule has 20 heavy (non-hydrogen) atoms. The van der Waals surface area contributed by atoms with E-state index in [4.69, 9.17) is 5.84 Å². The molecule has 0 bridgehead atoms. The molecule has 0 radical (unpaired) electrons. The molecule has 1 fully saturated rings. The zero-order valence-corrected chi connectivity index (χ0v) is 12.5. The molecule has 1 aromatic heterocycles. The number of piperidine rings is 1. The Bertz CT molecular complexity index is 457. The summed E-state index contributed by atoms with van der Waals surface area (Å²) >= 11 is 0. The highest BCUT2D eigenvalue weighted by atomic mass is 16.2. The highest BCUT2D eigenvalue weighted by Crippen LogP contribution is 2.23. The maximum atomic E-state index is 12.7. The Kier molecular flexibility index (Phi) is 4.60. The van der Waals surface area contributed by atoms with E-state index in [2.05, 4.69) is 24.3 Å². The molecular formula is C15H24N4O. The van der Waals surface area contributed by atoms with Crippen molar-refractivity contribution in [1.29, 1.82) is 0 Å². The van der Waals surface area contributed by atoms with Crippen molar-refractivity contribution in [2.75, 3.05) is 18.5 Å². The van der Waals surface area contributed by atoms with Crippen LogP contribution in [0, 0.1) is 11.8 Å². The number of aromatic nitrogens is 1. The van der Waals surface area contributed by atoms with Crippen molar-refractivity contribution in [2.24, 2.45) is 17.7 Å². The van der Waals surface area contributed by atoms with Gasteiger partial charge in [-0.1, -0.05) is 20.8 Å². The number of aryl methyl sites for hydroxylation is 1. The van der Waals surface area contributed by atoms with Crippen LogP contribution in [-0.4, -0.2) is 28.9 Å². The van der Waals surface area contributed by atoms with E-state index in [9.17, 15) is 4.79 Å². The van der Waals surface area contributed by atoms with Gasteiger partial charge in [-0.05, 0) is 36.8 Å². The third-order valence-electron chi connectivity index (χ3n) is 3.79. The lowest BCUT2D eigenvalue weighted by atomic mass is 9.91. The predicted octanol–water partition coefficient (Wildman–Crippen LogP) is 2.05. The minimum absolute atomic E-state index is 0.0806. The number of anilines is 1. The third kappa shape index (κ3) is 3.28. The SMILES string of the molecule is CCc1cc(C(=O)N2CC(C)CC(C)C2)cc(NN)n1. The summed E-state index contributed by atoms with van der Waals surface area (Å²) in [6.45, 7) is 8.08. The van der Waals surface area contributed by atoms with Gasteiger partial charge in [0.1, 0.15) is 5.82 Å². The van der Waals surface area contributed by atoms with Crippen LogP contribution in [0.4, 0.5) is 5.82 Å². The Morgan fingerprint density at radius 3 is 2.60 bits per heavy atom. The number of nitrogens with two attached hydrogens (primary N) is 1. The van der Waals surface area contributed by atoms with Crippen LogP contribution in [0.25, 0.3) is 0 Å². The standard InChI is InChI=1S/C15H24N4O/c1-4-13-6-12(7-14(17-13)18-16)15(20)19-8-10(2)5-11(3)9-19/h6-7,10-11H,4-5,8-9,16H2,1-3H3,(H,17,18). The van der Waals surface area contributed by atoms with E-state index in [1.54, 1.807) is 6.07 Å². The van der Waals surface area contributed by atoms with Crippen molar-refractivity contribution in [2.45, 2.75) is 33.6 Å². The van der Waals surface area contributed by atoms with E-state index >= 15 is 0 Å². The summed E-state index contributed by atoms with van der Waals surface area (Å²) in [6, 6.07) is 3.60. The largest absolute Gasteiger partial charge is 0.338 e. The number of nitrogen functional groups attached to an aromatic ring is 1. The smallest absolute Gasteiger partial charge is 0.254 e. The van der Waals surface area contributed by atoms with Gasteiger partial charge in [-0.3, -0.25) is 4.79 Å². The molecule has 5 heteroatoms. The normalized spacial score (nSPS) is 22.7. The number of nitrogens with one attached hydrogen (secondary N) is 1. The van der Waals surface area contributed by atoms with Crippen LogP contribution < -0.4 is 11.3 Å². The molecule has 3 N–H and O–H groups in total. The Morgan fingerprint density at radius 1 is 1.40 bits per heavy atom. The van der Waals surface area contributed by atoms with Gasteiger partial charge in [0, 0.05) is 24.3 Å². The molecule has 2 rings (SSSR count). The van der Waals surface area contributed by atoms with Gasteiger partial charge in [-0.25, -0.2) is 10.8 Å². The minimum atomic E-state index is 0.0806. The summed E-state index contributed by atoms with van der Waals surface area (Å²) in [5.41, 5.74) is 4.08. The molecule has 0 saturated carbocycles. The molecule has 1 saturated heterocycles. The molecule has 0 spiro atoms. The molecule has 1 aromatic rings. The Morgan fingerprint density at radius 2 is 2.05 bits per heavy atom. The number of hydrazine groups is 1. The molecule has 1 aliphatic rings. The number of hydrogen-bond donors (Lipinski definition) is 2. The van der Waals surface area contributed by atoms with E-state index in [-0.39, 0.29) is 5.91 Å². The van der Waals surface area contributed by atoms with Crippen molar-refractivity contribution in [1.82, 2.24) is 9.88 Å². The van der Waals surface area contributed by atoms with Crippen LogP contribution in [0.5, 0.6) is 0 Å². The fourth-order valence-corrected chi connectivity index (χ4v) is 2.98. The minimum Gasteiger partial charge on any atom is -0.338 e. The van der Waals surface area contributed by atoms with Crippen molar-refractivity contribution >= 4 is 11.7 Å². The predicted molar refractivity (Wildman–Crippen MR) is 80.3 cm³/mol. The highest BCUT2D eigenvalue weighted by molar-refractivity contribution is 5.95. The van der Waals surface area contributed by atoms with Gasteiger partial charge in [-0.2, -0.15) is 0 Å². The average Bonchev–Trinajstić information content (AvgIpc) is 2.44. The monoisotopic (exact) mass is 276 g/mol. The van der Waals surface area contributed by atoms with Crippen molar-refractivity contribution in [3.05, 3.63) is 23.4 Å². The van der Waals surface area contributed by atoms with Gasteiger partial charge >= 0.3 is 0 Å². The summed E-state index contributed by atoms with van der Waals surface area (Å²) in [6.07, 6.45) is 1.97. The van der Waals surface area contributed by atoms with E-state index in [1.807, 2.05) is 17.9 Å². The first-order valence-electron chi connectivity index (χ1n) is 7.30. The second kappa shape index (κ2) is 6.22. The maximum absolute atomic E-state index is 12.7. The van der Waals surface area contributed by atoms with Gasteiger partial charge in [0.25, 0.3) is 5.91 Å². The average molecular weight is 276 g/mol. The molecule has 0 aromatic carbocycles. The van der Waals surface area contributed by atoms with Crippen LogP contribution in [-0.2, 0) is 6.42 Å². The van der Waals surface area contributed by atoms with Crippen LogP contribution in [0.2, 0.25) is 0 Å². The van der Waals surface area contributed by atoms with Crippen molar-refractivity contribution < 1.29 is 4.79 Å². The van der Waals surface area contributed by atoms with Crippen LogP contribution in [0.3, 0.4) is 0 Å². The third-order valence-corrected chi connectivity index (χ3v) is 3.79. The van der Waals surface area contributed by atoms with E-state index < -0.39 is 0 Å². The van der Waals surface area contributed by atoms with Gasteiger partial charge < -0.3 is 10.3 Å². The fraction of sp³-hybridized carbons (Fsp3) is 0.600. The number of nitrogens with zero attached hydrogens (tertiary/aromatic N) is 2. The molecule has 5 nitrogen and oxygen atoms in total. The first kappa shape index (κ1) is 14.8. The van der Waals surface area contributed by atoms with Crippen LogP contribution in [0.15, 0.2) is 12.1 Å². The van der Waals surface area contributed by atoms with Crippen LogP contribution >= 0.6 is 0 Å². The number of carbonyl (C=O) groups excluding carboxylic acids is 1. The van der Waals surface area contributed by atoms with Gasteiger partial charge in [-0.15, -0.1) is 0 Å². The quantitative estimate of drug-likeness (QED) is 0.654. The molecule has 1 amide bonds. The maximum Gasteiger partial charge on any atom is 0.254 e. The summed E-state index contributed by atoms with van der Waals surface area (Å²) in [4.78, 5) is 18.9. The van der Waals surface area contributed by atoms with E-state index in [1.165, 1.54) is 6.42 Å². The number of rotatable bonds is 3. The number of carbonyl (C=O) groups is 1. The molecule has 1 aliphatic heterocycles. The summed E-state index contributed by atoms with van der Waals surface area (Å²) < 4.78 is 0. The zero-order valence-electron chi connectivity index (χ0n) is 12.5. The van der Waals surface area contributed by atoms with E-state index in [0.29, 0.717) is 23.2 Å². The summed E-state index contributed by atoms with van der Waals surface area (Å²) in [5.74, 6) is 7.17. The molecule has 2 heterocycles. The van der Waals surface area contributed by atoms with Crippen molar-refractivity contribution in [3.63, 3.8) is 0 Å². The van der Waals surface area contributed by atoms with Crippen molar-refractivity contribution in [3.8, 4) is 0 Å². The first-order chi connectivity index (χ1) is 9.53. The zero-order chi connectivity index (χ0) is 14.7. The van der Waals surface area contributed by atoms with Gasteiger partial charge in [0.2, 0.25) is 0 Å². The Hall–Kier alpha value is -1.62. The Labute approximate surface area is 120 Å². The second-order valence-corrected chi connectivity index (χ2v) is 5.89. The Balaban J connectivity index is 2.23. The van der Waals surface area contributed by atoms with Gasteiger partial charge in [0.05, 0.1) is 0 Å². The van der Waals surface area contributed by atoms with E-state index in [0.717, 1.165) is 25.2 Å². The molecule has 110 valence electrons. The molecule has 2 unspecified atom stereocenters. The second-order valence-electron chi connectivity index (χ2n) is 5.89. The van der Waals surface area contributed by atoms with Gasteiger partial charge in [0.15, 0.2) is 0 Å². The lowest BCUT2D eigenvalue weighted by Crippen LogP contribution is -2.42. The fourth-order valence-electron chi connectivity index (χ4n) is 2.98. The number of hydrogen-bond acceptors (Lipinski definition) is 4. The number of likely N-dealkylation sites (tertiary alicyclic amines) is 1. The molecule has 2 atom stereocenters. The highest BCUT2D eigenvalue weighted by Gasteiger charge is 2.26. The topological polar surface area (TPSA) is 71.2 Å². The molecule has 0 aliphatic carbocycles. The summed E-state index contributed by atoms with van der Waals surface area (Å²) in [5, 5.41) is 0. The summed E-state index contributed by atoms with van der Waals surface area (Å²) in [7, 11) is 0. The lowest BCUT2D eigenvalue weighted by molar-refractivity contribution is 0.0623.